The molecule has 2 aromatic carbocycles. The minimum Gasteiger partial charge on any atom is -0.371 e. The molecule has 3 aromatic rings. The highest BCUT2D eigenvalue weighted by atomic mass is 35.5. The van der Waals surface area contributed by atoms with Gasteiger partial charge < -0.3 is 10.2 Å². The summed E-state index contributed by atoms with van der Waals surface area (Å²) in [5.74, 6) is -1.48. The molecule has 2 heterocycles. The zero-order valence-corrected chi connectivity index (χ0v) is 18.1. The van der Waals surface area contributed by atoms with Gasteiger partial charge in [0.15, 0.2) is 0 Å². The van der Waals surface area contributed by atoms with E-state index in [4.69, 9.17) is 11.6 Å². The van der Waals surface area contributed by atoms with Crippen LogP contribution in [0.2, 0.25) is 5.02 Å². The molecule has 0 spiro atoms. The van der Waals surface area contributed by atoms with E-state index in [1.807, 2.05) is 18.2 Å². The van der Waals surface area contributed by atoms with Crippen molar-refractivity contribution < 1.29 is 13.6 Å². The molecule has 1 unspecified atom stereocenters. The Hall–Kier alpha value is -2.93. The molecule has 0 saturated carbocycles. The van der Waals surface area contributed by atoms with E-state index < -0.39 is 11.6 Å². The SMILES string of the molecule is Cc1ccc(Cl)cc1N1CCC(CNC(=O)c2cn(C)nc2-c2ccc(F)cc2F)C1. The number of rotatable bonds is 5. The largest absolute Gasteiger partial charge is 0.371 e. The number of hydrogen-bond donors (Lipinski definition) is 1. The van der Waals surface area contributed by atoms with Crippen LogP contribution < -0.4 is 10.2 Å². The number of nitrogens with one attached hydrogen (secondary N) is 1. The van der Waals surface area contributed by atoms with E-state index in [0.29, 0.717) is 11.6 Å². The average Bonchev–Trinajstić information content (AvgIpc) is 3.35. The lowest BCUT2D eigenvalue weighted by molar-refractivity contribution is 0.0949. The van der Waals surface area contributed by atoms with Crippen LogP contribution in [0.3, 0.4) is 0 Å². The fourth-order valence-corrected chi connectivity index (χ4v) is 4.17. The molecule has 1 N–H and O–H groups in total. The fourth-order valence-electron chi connectivity index (χ4n) is 4.01. The fraction of sp³-hybridized carbons (Fsp3) is 0.304. The van der Waals surface area contributed by atoms with Gasteiger partial charge in [-0.1, -0.05) is 17.7 Å². The average molecular weight is 445 g/mol. The lowest BCUT2D eigenvalue weighted by Gasteiger charge is -2.21. The Morgan fingerprint density at radius 3 is 2.84 bits per heavy atom. The van der Waals surface area contributed by atoms with Crippen molar-refractivity contribution in [3.8, 4) is 11.3 Å². The van der Waals surface area contributed by atoms with E-state index in [2.05, 4.69) is 22.2 Å². The van der Waals surface area contributed by atoms with Crippen LogP contribution >= 0.6 is 11.6 Å². The molecular weight excluding hydrogens is 422 g/mol. The third kappa shape index (κ3) is 4.56. The highest BCUT2D eigenvalue weighted by Gasteiger charge is 2.26. The summed E-state index contributed by atoms with van der Waals surface area (Å²) >= 11 is 6.15. The number of halogens is 3. The smallest absolute Gasteiger partial charge is 0.255 e. The van der Waals surface area contributed by atoms with Crippen molar-refractivity contribution in [3.63, 3.8) is 0 Å². The first kappa shape index (κ1) is 21.3. The minimum absolute atomic E-state index is 0.0932. The first-order valence-corrected chi connectivity index (χ1v) is 10.5. The van der Waals surface area contributed by atoms with Gasteiger partial charge in [0.1, 0.15) is 17.3 Å². The molecule has 5 nitrogen and oxygen atoms in total. The van der Waals surface area contributed by atoms with Crippen LogP contribution in [-0.2, 0) is 7.05 Å². The third-order valence-corrected chi connectivity index (χ3v) is 5.84. The predicted octanol–water partition coefficient (Wildman–Crippen LogP) is 4.58. The van der Waals surface area contributed by atoms with Gasteiger partial charge in [-0.2, -0.15) is 5.10 Å². The molecule has 1 aromatic heterocycles. The number of benzene rings is 2. The molecule has 0 bridgehead atoms. The van der Waals surface area contributed by atoms with E-state index >= 15 is 0 Å². The van der Waals surface area contributed by atoms with Gasteiger partial charge in [-0.3, -0.25) is 9.48 Å². The molecule has 1 saturated heterocycles. The monoisotopic (exact) mass is 444 g/mol. The molecule has 8 heteroatoms. The highest BCUT2D eigenvalue weighted by Crippen LogP contribution is 2.29. The first-order chi connectivity index (χ1) is 14.8. The van der Waals surface area contributed by atoms with Gasteiger partial charge in [-0.15, -0.1) is 0 Å². The maximum absolute atomic E-state index is 14.2. The summed E-state index contributed by atoms with van der Waals surface area (Å²) in [6.07, 6.45) is 2.49. The van der Waals surface area contributed by atoms with Crippen molar-refractivity contribution in [3.05, 3.63) is 70.4 Å². The van der Waals surface area contributed by atoms with E-state index in [9.17, 15) is 13.6 Å². The minimum atomic E-state index is -0.754. The molecule has 0 aliphatic carbocycles. The maximum Gasteiger partial charge on any atom is 0.255 e. The number of anilines is 1. The molecule has 31 heavy (non-hydrogen) atoms. The molecule has 1 atom stereocenters. The van der Waals surface area contributed by atoms with E-state index in [1.165, 1.54) is 10.7 Å². The van der Waals surface area contributed by atoms with Crippen LogP contribution in [0, 0.1) is 24.5 Å². The number of amides is 1. The zero-order valence-electron chi connectivity index (χ0n) is 17.3. The number of aromatic nitrogens is 2. The molecule has 1 amide bonds. The Bertz CT molecular complexity index is 1130. The summed E-state index contributed by atoms with van der Waals surface area (Å²) < 4.78 is 29.0. The zero-order chi connectivity index (χ0) is 22.1. The van der Waals surface area contributed by atoms with Crippen molar-refractivity contribution in [2.45, 2.75) is 13.3 Å². The van der Waals surface area contributed by atoms with Crippen molar-refractivity contribution in [2.24, 2.45) is 13.0 Å². The van der Waals surface area contributed by atoms with Gasteiger partial charge >= 0.3 is 0 Å². The van der Waals surface area contributed by atoms with Crippen LogP contribution in [0.4, 0.5) is 14.5 Å². The number of aryl methyl sites for hydroxylation is 2. The third-order valence-electron chi connectivity index (χ3n) is 5.61. The number of nitrogens with zero attached hydrogens (tertiary/aromatic N) is 3. The Kier molecular flexibility index (Phi) is 5.96. The van der Waals surface area contributed by atoms with Crippen LogP contribution in [-0.4, -0.2) is 35.3 Å². The van der Waals surface area contributed by atoms with Gasteiger partial charge in [0.05, 0.1) is 5.56 Å². The standard InChI is InChI=1S/C23H23ClF2N4O/c1-14-3-4-16(24)9-21(14)30-8-7-15(12-30)11-27-23(31)19-13-29(2)28-22(19)18-6-5-17(25)10-20(18)26/h3-6,9-10,13,15H,7-8,11-12H2,1-2H3,(H,27,31). The summed E-state index contributed by atoms with van der Waals surface area (Å²) in [5.41, 5.74) is 2.82. The second-order valence-electron chi connectivity index (χ2n) is 7.93. The molecular formula is C23H23ClF2N4O. The van der Waals surface area contributed by atoms with Crippen LogP contribution in [0.5, 0.6) is 0 Å². The lowest BCUT2D eigenvalue weighted by Crippen LogP contribution is -2.31. The second-order valence-corrected chi connectivity index (χ2v) is 8.37. The van der Waals surface area contributed by atoms with E-state index in [0.717, 1.165) is 42.9 Å². The van der Waals surface area contributed by atoms with Crippen molar-refractivity contribution in [1.82, 2.24) is 15.1 Å². The van der Waals surface area contributed by atoms with E-state index in [1.54, 1.807) is 13.2 Å². The summed E-state index contributed by atoms with van der Waals surface area (Å²) in [6, 6.07) is 9.09. The van der Waals surface area contributed by atoms with Crippen LogP contribution in [0.15, 0.2) is 42.6 Å². The normalized spacial score (nSPS) is 16.0. The predicted molar refractivity (Wildman–Crippen MR) is 117 cm³/mol. The maximum atomic E-state index is 14.2. The summed E-state index contributed by atoms with van der Waals surface area (Å²) in [5, 5.41) is 7.87. The van der Waals surface area contributed by atoms with Crippen molar-refractivity contribution in [2.75, 3.05) is 24.5 Å². The Labute approximate surface area is 184 Å². The van der Waals surface area contributed by atoms with Crippen molar-refractivity contribution >= 4 is 23.2 Å². The van der Waals surface area contributed by atoms with Gasteiger partial charge in [-0.05, 0) is 49.1 Å². The van der Waals surface area contributed by atoms with Gasteiger partial charge in [0.2, 0.25) is 0 Å². The second kappa shape index (κ2) is 8.67. The molecule has 1 aliphatic rings. The Morgan fingerprint density at radius 1 is 1.26 bits per heavy atom. The molecule has 4 rings (SSSR count). The molecule has 0 radical (unpaired) electrons. The molecule has 1 aliphatic heterocycles. The summed E-state index contributed by atoms with van der Waals surface area (Å²) in [7, 11) is 1.66. The first-order valence-electron chi connectivity index (χ1n) is 10.1. The Morgan fingerprint density at radius 2 is 2.06 bits per heavy atom. The summed E-state index contributed by atoms with van der Waals surface area (Å²) in [6.45, 7) is 4.25. The Balaban J connectivity index is 1.44. The number of hydrogen-bond acceptors (Lipinski definition) is 3. The van der Waals surface area contributed by atoms with Crippen molar-refractivity contribution in [1.29, 1.82) is 0 Å². The topological polar surface area (TPSA) is 50.2 Å². The number of carbonyl (C=O) groups excluding carboxylic acids is 1. The van der Waals surface area contributed by atoms with Crippen LogP contribution in [0.25, 0.3) is 11.3 Å². The lowest BCUT2D eigenvalue weighted by atomic mass is 10.1. The van der Waals surface area contributed by atoms with Gasteiger partial charge in [-0.25, -0.2) is 8.78 Å². The molecule has 1 fully saturated rings. The van der Waals surface area contributed by atoms with Crippen LogP contribution in [0.1, 0.15) is 22.3 Å². The highest BCUT2D eigenvalue weighted by molar-refractivity contribution is 6.30. The van der Waals surface area contributed by atoms with Gasteiger partial charge in [0.25, 0.3) is 5.91 Å². The summed E-state index contributed by atoms with van der Waals surface area (Å²) in [4.78, 5) is 15.1. The van der Waals surface area contributed by atoms with Gasteiger partial charge in [0, 0.05) is 55.2 Å². The number of carbonyl (C=O) groups is 1. The quantitative estimate of drug-likeness (QED) is 0.626. The molecule has 162 valence electrons. The van der Waals surface area contributed by atoms with E-state index in [-0.39, 0.29) is 28.6 Å².